The normalized spacial score (nSPS) is 10.6. The molecule has 0 bridgehead atoms. The van der Waals surface area contributed by atoms with E-state index < -0.39 is 6.03 Å². The fourth-order valence-electron chi connectivity index (χ4n) is 3.22. The lowest BCUT2D eigenvalue weighted by molar-refractivity contribution is 0.262. The van der Waals surface area contributed by atoms with E-state index in [1.807, 2.05) is 30.3 Å². The molecule has 2 N–H and O–H groups in total. The van der Waals surface area contributed by atoms with Gasteiger partial charge in [0.2, 0.25) is 0 Å². The maximum absolute atomic E-state index is 12.6. The van der Waals surface area contributed by atoms with Crippen molar-refractivity contribution in [1.29, 1.82) is 0 Å². The summed E-state index contributed by atoms with van der Waals surface area (Å²) in [5, 5.41) is 5.67. The molecule has 0 radical (unpaired) electrons. The summed E-state index contributed by atoms with van der Waals surface area (Å²) in [4.78, 5) is 30.3. The fraction of sp³-hybridized carbons (Fsp3) is 0.125. The average Bonchev–Trinajstić information content (AvgIpc) is 2.83. The number of anilines is 2. The molecule has 4 aromatic rings. The summed E-state index contributed by atoms with van der Waals surface area (Å²) in [7, 11) is 3.09. The Balaban J connectivity index is 1.45. The number of carbonyl (C=O) groups is 1. The van der Waals surface area contributed by atoms with Gasteiger partial charge in [0.15, 0.2) is 11.5 Å². The monoisotopic (exact) mass is 462 g/mol. The first-order chi connectivity index (χ1) is 16.1. The van der Waals surface area contributed by atoms with Crippen LogP contribution in [0.4, 0.5) is 16.2 Å². The topological polar surface area (TPSA) is 94.0 Å². The van der Waals surface area contributed by atoms with Gasteiger partial charge in [-0.1, -0.05) is 18.2 Å². The van der Waals surface area contributed by atoms with Gasteiger partial charge in [-0.15, -0.1) is 11.8 Å². The highest BCUT2D eigenvalue weighted by atomic mass is 32.2. The summed E-state index contributed by atoms with van der Waals surface area (Å²) in [6.45, 7) is 0. The number of hydrogen-bond acceptors (Lipinski definition) is 6. The fourth-order valence-corrected chi connectivity index (χ4v) is 4.12. The number of ether oxygens (including phenoxy) is 2. The SMILES string of the molecule is COc1ccc(NC(=O)Nc2ccccc2SCc2cc(=O)n3ccccc3n2)cc1OC. The van der Waals surface area contributed by atoms with E-state index in [1.54, 1.807) is 43.6 Å². The van der Waals surface area contributed by atoms with Gasteiger partial charge in [-0.05, 0) is 36.4 Å². The van der Waals surface area contributed by atoms with Gasteiger partial charge in [-0.25, -0.2) is 9.78 Å². The first-order valence-corrected chi connectivity index (χ1v) is 11.0. The first kappa shape index (κ1) is 22.2. The van der Waals surface area contributed by atoms with Gasteiger partial charge in [0.1, 0.15) is 5.65 Å². The van der Waals surface area contributed by atoms with Crippen LogP contribution in [0.3, 0.4) is 0 Å². The lowest BCUT2D eigenvalue weighted by Gasteiger charge is -2.13. The van der Waals surface area contributed by atoms with Crippen molar-refractivity contribution in [2.24, 2.45) is 0 Å². The smallest absolute Gasteiger partial charge is 0.323 e. The van der Waals surface area contributed by atoms with Crippen molar-refractivity contribution in [3.8, 4) is 11.5 Å². The number of fused-ring (bicyclic) bond motifs is 1. The molecule has 0 fully saturated rings. The molecule has 168 valence electrons. The number of rotatable bonds is 7. The van der Waals surface area contributed by atoms with Crippen LogP contribution in [0.5, 0.6) is 11.5 Å². The molecule has 0 saturated carbocycles. The third-order valence-corrected chi connectivity index (χ3v) is 5.88. The molecular weight excluding hydrogens is 440 g/mol. The van der Waals surface area contributed by atoms with E-state index in [2.05, 4.69) is 15.6 Å². The summed E-state index contributed by atoms with van der Waals surface area (Å²) in [6.07, 6.45) is 1.69. The standard InChI is InChI=1S/C24H22N4O4S/c1-31-19-11-10-16(13-20(19)32-2)26-24(30)27-18-7-3-4-8-21(18)33-15-17-14-23(29)28-12-6-5-9-22(28)25-17/h3-14H,15H2,1-2H3,(H2,26,27,30). The maximum atomic E-state index is 12.6. The molecule has 2 aromatic carbocycles. The van der Waals surface area contributed by atoms with E-state index in [9.17, 15) is 9.59 Å². The highest BCUT2D eigenvalue weighted by Gasteiger charge is 2.11. The lowest BCUT2D eigenvalue weighted by atomic mass is 10.2. The molecule has 0 spiro atoms. The van der Waals surface area contributed by atoms with Crippen molar-refractivity contribution in [1.82, 2.24) is 9.38 Å². The second kappa shape index (κ2) is 10.1. The molecule has 0 atom stereocenters. The van der Waals surface area contributed by atoms with Crippen molar-refractivity contribution >= 4 is 34.8 Å². The highest BCUT2D eigenvalue weighted by Crippen LogP contribution is 2.31. The molecule has 2 heterocycles. The summed E-state index contributed by atoms with van der Waals surface area (Å²) in [5.41, 5.74) is 2.35. The molecule has 2 aromatic heterocycles. The quantitative estimate of drug-likeness (QED) is 0.389. The van der Waals surface area contributed by atoms with Crippen LogP contribution < -0.4 is 25.7 Å². The predicted molar refractivity (Wildman–Crippen MR) is 130 cm³/mol. The number of methoxy groups -OCH3 is 2. The summed E-state index contributed by atoms with van der Waals surface area (Å²) >= 11 is 1.49. The maximum Gasteiger partial charge on any atom is 0.323 e. The zero-order valence-electron chi connectivity index (χ0n) is 18.1. The van der Waals surface area contributed by atoms with Crippen LogP contribution in [0.2, 0.25) is 0 Å². The number of aromatic nitrogens is 2. The number of thioether (sulfide) groups is 1. The minimum absolute atomic E-state index is 0.128. The molecule has 0 aliphatic heterocycles. The molecule has 8 nitrogen and oxygen atoms in total. The molecule has 2 amide bonds. The van der Waals surface area contributed by atoms with Gasteiger partial charge in [-0.2, -0.15) is 0 Å². The molecule has 4 rings (SSSR count). The highest BCUT2D eigenvalue weighted by molar-refractivity contribution is 7.98. The van der Waals surface area contributed by atoms with Crippen LogP contribution in [0.1, 0.15) is 5.69 Å². The first-order valence-electron chi connectivity index (χ1n) is 10.1. The van der Waals surface area contributed by atoms with E-state index in [0.29, 0.717) is 40.0 Å². The Hall–Kier alpha value is -3.98. The van der Waals surface area contributed by atoms with Gasteiger partial charge in [0.25, 0.3) is 5.56 Å². The number of hydrogen-bond donors (Lipinski definition) is 2. The van der Waals surface area contributed by atoms with Gasteiger partial charge in [0, 0.05) is 34.7 Å². The van der Waals surface area contributed by atoms with Crippen molar-refractivity contribution in [2.75, 3.05) is 24.9 Å². The van der Waals surface area contributed by atoms with Crippen LogP contribution in [0.25, 0.3) is 5.65 Å². The van der Waals surface area contributed by atoms with Crippen molar-refractivity contribution in [2.45, 2.75) is 10.6 Å². The van der Waals surface area contributed by atoms with Gasteiger partial charge >= 0.3 is 6.03 Å². The third kappa shape index (κ3) is 5.27. The molecule has 33 heavy (non-hydrogen) atoms. The number of nitrogens with zero attached hydrogens (tertiary/aromatic N) is 2. The zero-order valence-corrected chi connectivity index (χ0v) is 18.9. The number of pyridine rings is 1. The Kier molecular flexibility index (Phi) is 6.80. The van der Waals surface area contributed by atoms with E-state index in [-0.39, 0.29) is 5.56 Å². The Morgan fingerprint density at radius 2 is 1.76 bits per heavy atom. The molecule has 0 saturated heterocycles. The molecule has 0 aliphatic carbocycles. The predicted octanol–water partition coefficient (Wildman–Crippen LogP) is 4.65. The van der Waals surface area contributed by atoms with Crippen LogP contribution in [-0.4, -0.2) is 29.6 Å². The lowest BCUT2D eigenvalue weighted by Crippen LogP contribution is -2.19. The number of nitrogens with one attached hydrogen (secondary N) is 2. The summed E-state index contributed by atoms with van der Waals surface area (Å²) in [6, 6.07) is 19.2. The molecule has 0 unspecified atom stereocenters. The Labute approximate surface area is 194 Å². The van der Waals surface area contributed by atoms with Crippen LogP contribution in [-0.2, 0) is 5.75 Å². The van der Waals surface area contributed by atoms with Crippen molar-refractivity contribution < 1.29 is 14.3 Å². The second-order valence-electron chi connectivity index (χ2n) is 6.95. The van der Waals surface area contributed by atoms with E-state index in [1.165, 1.54) is 29.3 Å². The third-order valence-electron chi connectivity index (χ3n) is 4.78. The number of amides is 2. The van der Waals surface area contributed by atoms with E-state index in [0.717, 1.165) is 4.90 Å². The Morgan fingerprint density at radius 1 is 0.970 bits per heavy atom. The molecule has 9 heteroatoms. The van der Waals surface area contributed by atoms with Crippen molar-refractivity contribution in [3.63, 3.8) is 0 Å². The van der Waals surface area contributed by atoms with Gasteiger partial charge < -0.3 is 20.1 Å². The molecule has 0 aliphatic rings. The second-order valence-corrected chi connectivity index (χ2v) is 7.97. The number of urea groups is 1. The Bertz CT molecular complexity index is 1360. The summed E-state index contributed by atoms with van der Waals surface area (Å²) < 4.78 is 12.0. The van der Waals surface area contributed by atoms with Crippen LogP contribution in [0, 0.1) is 0 Å². The minimum atomic E-state index is -0.391. The minimum Gasteiger partial charge on any atom is -0.493 e. The number of carbonyl (C=O) groups excluding carboxylic acids is 1. The molecular formula is C24H22N4O4S. The van der Waals surface area contributed by atoms with Gasteiger partial charge in [-0.3, -0.25) is 9.20 Å². The average molecular weight is 463 g/mol. The van der Waals surface area contributed by atoms with Crippen LogP contribution in [0.15, 0.2) is 82.6 Å². The number of para-hydroxylation sites is 1. The zero-order chi connectivity index (χ0) is 23.2. The van der Waals surface area contributed by atoms with Crippen molar-refractivity contribution in [3.05, 3.63) is 89.0 Å². The number of benzene rings is 2. The van der Waals surface area contributed by atoms with Crippen LogP contribution >= 0.6 is 11.8 Å². The Morgan fingerprint density at radius 3 is 2.58 bits per heavy atom. The van der Waals surface area contributed by atoms with E-state index >= 15 is 0 Å². The largest absolute Gasteiger partial charge is 0.493 e. The van der Waals surface area contributed by atoms with Gasteiger partial charge in [0.05, 0.1) is 25.6 Å². The van der Waals surface area contributed by atoms with E-state index in [4.69, 9.17) is 9.47 Å². The summed E-state index contributed by atoms with van der Waals surface area (Å²) in [5.74, 6) is 1.58.